The fraction of sp³-hybridized carbons (Fsp3) is 1.00. The highest BCUT2D eigenvalue weighted by Crippen LogP contribution is 2.39. The Morgan fingerprint density at radius 2 is 1.65 bits per heavy atom. The predicted octanol–water partition coefficient (Wildman–Crippen LogP) is 2.50. The maximum atomic E-state index is 4.61. The van der Waals surface area contributed by atoms with E-state index in [-0.39, 0.29) is 0 Å². The van der Waals surface area contributed by atoms with Gasteiger partial charge in [-0.3, -0.25) is 4.90 Å². The minimum absolute atomic E-state index is 0.545. The topological polar surface area (TPSA) is 6.48 Å². The zero-order valence-electron chi connectivity index (χ0n) is 11.5. The molecule has 2 aliphatic rings. The quantitative estimate of drug-likeness (QED) is 0.772. The molecule has 1 aliphatic heterocycles. The fourth-order valence-corrected chi connectivity index (χ4v) is 3.82. The minimum atomic E-state index is 0.545. The van der Waals surface area contributed by atoms with Gasteiger partial charge in [0.05, 0.1) is 0 Å². The van der Waals surface area contributed by atoms with Crippen molar-refractivity contribution in [2.24, 2.45) is 5.41 Å². The number of thiol groups is 1. The lowest BCUT2D eigenvalue weighted by atomic mass is 9.87. The molecule has 2 nitrogen and oxygen atoms in total. The van der Waals surface area contributed by atoms with Crippen molar-refractivity contribution in [1.29, 1.82) is 0 Å². The van der Waals surface area contributed by atoms with E-state index in [9.17, 15) is 0 Å². The third-order valence-electron chi connectivity index (χ3n) is 4.70. The molecule has 1 saturated carbocycles. The Bertz CT molecular complexity index is 228. The maximum absolute atomic E-state index is 4.61. The van der Waals surface area contributed by atoms with E-state index < -0.39 is 0 Å². The second-order valence-corrected chi connectivity index (χ2v) is 6.59. The van der Waals surface area contributed by atoms with E-state index in [0.717, 1.165) is 5.75 Å². The van der Waals surface area contributed by atoms with Crippen molar-refractivity contribution < 1.29 is 0 Å². The first-order valence-corrected chi connectivity index (χ1v) is 7.86. The first-order chi connectivity index (χ1) is 8.15. The van der Waals surface area contributed by atoms with Crippen LogP contribution in [0, 0.1) is 5.41 Å². The third kappa shape index (κ3) is 3.39. The van der Waals surface area contributed by atoms with Crippen LogP contribution in [0.4, 0.5) is 0 Å². The summed E-state index contributed by atoms with van der Waals surface area (Å²) >= 11 is 4.61. The van der Waals surface area contributed by atoms with Gasteiger partial charge in [0.25, 0.3) is 0 Å². The van der Waals surface area contributed by atoms with Gasteiger partial charge in [0.2, 0.25) is 0 Å². The van der Waals surface area contributed by atoms with Gasteiger partial charge in [-0.15, -0.1) is 0 Å². The van der Waals surface area contributed by atoms with E-state index in [4.69, 9.17) is 0 Å². The van der Waals surface area contributed by atoms with E-state index in [1.165, 1.54) is 58.4 Å². The lowest BCUT2D eigenvalue weighted by Crippen LogP contribution is -2.51. The lowest BCUT2D eigenvalue weighted by molar-refractivity contribution is 0.0786. The smallest absolute Gasteiger partial charge is 0.0113 e. The summed E-state index contributed by atoms with van der Waals surface area (Å²) in [6.07, 6.45) is 5.65. The molecule has 0 unspecified atom stereocenters. The standard InChI is InChI=1S/C14H28N2S/c1-13(2)16-9-7-15(8-10-16)11-14(12-17)5-3-4-6-14/h13,17H,3-12H2,1-2H3. The molecule has 0 aromatic rings. The number of hydrogen-bond acceptors (Lipinski definition) is 3. The molecule has 0 atom stereocenters. The Morgan fingerprint density at radius 3 is 2.12 bits per heavy atom. The van der Waals surface area contributed by atoms with Gasteiger partial charge in [-0.1, -0.05) is 12.8 Å². The highest BCUT2D eigenvalue weighted by atomic mass is 32.1. The Labute approximate surface area is 112 Å². The van der Waals surface area contributed by atoms with Crippen LogP contribution in [0.5, 0.6) is 0 Å². The molecule has 0 amide bonds. The second kappa shape index (κ2) is 5.94. The largest absolute Gasteiger partial charge is 0.300 e. The Hall–Kier alpha value is 0.270. The third-order valence-corrected chi connectivity index (χ3v) is 5.37. The summed E-state index contributed by atoms with van der Waals surface area (Å²) in [6, 6.07) is 0.711. The van der Waals surface area contributed by atoms with Crippen molar-refractivity contribution in [3.05, 3.63) is 0 Å². The van der Waals surface area contributed by atoms with Crippen molar-refractivity contribution in [2.45, 2.75) is 45.6 Å². The lowest BCUT2D eigenvalue weighted by Gasteiger charge is -2.41. The van der Waals surface area contributed by atoms with Crippen LogP contribution < -0.4 is 0 Å². The van der Waals surface area contributed by atoms with E-state index in [1.54, 1.807) is 0 Å². The molecular formula is C14H28N2S. The van der Waals surface area contributed by atoms with Gasteiger partial charge in [0, 0.05) is 38.8 Å². The molecule has 1 aliphatic carbocycles. The van der Waals surface area contributed by atoms with Crippen LogP contribution in [0.15, 0.2) is 0 Å². The summed E-state index contributed by atoms with van der Waals surface area (Å²) in [5.41, 5.74) is 0.545. The highest BCUT2D eigenvalue weighted by Gasteiger charge is 2.35. The molecule has 100 valence electrons. The van der Waals surface area contributed by atoms with E-state index in [2.05, 4.69) is 36.3 Å². The van der Waals surface area contributed by atoms with Crippen molar-refractivity contribution in [3.63, 3.8) is 0 Å². The van der Waals surface area contributed by atoms with Gasteiger partial charge in [-0.25, -0.2) is 0 Å². The summed E-state index contributed by atoms with van der Waals surface area (Å²) in [7, 11) is 0. The molecule has 0 bridgehead atoms. The van der Waals surface area contributed by atoms with Crippen molar-refractivity contribution in [3.8, 4) is 0 Å². The van der Waals surface area contributed by atoms with Crippen LogP contribution in [0.3, 0.4) is 0 Å². The van der Waals surface area contributed by atoms with Gasteiger partial charge >= 0.3 is 0 Å². The molecule has 1 saturated heterocycles. The summed E-state index contributed by atoms with van der Waals surface area (Å²) in [6.45, 7) is 10.9. The van der Waals surface area contributed by atoms with Gasteiger partial charge in [0.15, 0.2) is 0 Å². The average Bonchev–Trinajstić information content (AvgIpc) is 2.79. The molecule has 0 N–H and O–H groups in total. The number of piperazine rings is 1. The Balaban J connectivity index is 1.81. The number of nitrogens with zero attached hydrogens (tertiary/aromatic N) is 2. The average molecular weight is 256 g/mol. The molecule has 2 rings (SSSR count). The molecule has 0 spiro atoms. The van der Waals surface area contributed by atoms with E-state index in [0.29, 0.717) is 11.5 Å². The maximum Gasteiger partial charge on any atom is 0.0113 e. The molecule has 2 fully saturated rings. The van der Waals surface area contributed by atoms with Gasteiger partial charge in [-0.05, 0) is 37.9 Å². The number of hydrogen-bond donors (Lipinski definition) is 1. The highest BCUT2D eigenvalue weighted by molar-refractivity contribution is 7.80. The van der Waals surface area contributed by atoms with Crippen LogP contribution in [-0.2, 0) is 0 Å². The van der Waals surface area contributed by atoms with Crippen molar-refractivity contribution in [1.82, 2.24) is 9.80 Å². The molecule has 0 radical (unpaired) electrons. The first kappa shape index (κ1) is 13.7. The van der Waals surface area contributed by atoms with Crippen LogP contribution >= 0.6 is 12.6 Å². The monoisotopic (exact) mass is 256 g/mol. The summed E-state index contributed by atoms with van der Waals surface area (Å²) in [5, 5.41) is 0. The Morgan fingerprint density at radius 1 is 1.06 bits per heavy atom. The van der Waals surface area contributed by atoms with E-state index in [1.807, 2.05) is 0 Å². The van der Waals surface area contributed by atoms with Crippen LogP contribution in [0.1, 0.15) is 39.5 Å². The van der Waals surface area contributed by atoms with Crippen molar-refractivity contribution >= 4 is 12.6 Å². The molecule has 0 aromatic heterocycles. The summed E-state index contributed by atoms with van der Waals surface area (Å²) in [4.78, 5) is 5.28. The summed E-state index contributed by atoms with van der Waals surface area (Å²) in [5.74, 6) is 1.08. The second-order valence-electron chi connectivity index (χ2n) is 6.27. The zero-order valence-corrected chi connectivity index (χ0v) is 12.4. The first-order valence-electron chi connectivity index (χ1n) is 7.22. The van der Waals surface area contributed by atoms with Gasteiger partial charge < -0.3 is 4.90 Å². The molecular weight excluding hydrogens is 228 g/mol. The molecule has 0 aromatic carbocycles. The van der Waals surface area contributed by atoms with Crippen molar-refractivity contribution in [2.75, 3.05) is 38.5 Å². The van der Waals surface area contributed by atoms with Crippen LogP contribution in [0.25, 0.3) is 0 Å². The van der Waals surface area contributed by atoms with E-state index >= 15 is 0 Å². The normalized spacial score (nSPS) is 26.8. The van der Waals surface area contributed by atoms with Gasteiger partial charge in [0.1, 0.15) is 0 Å². The number of rotatable bonds is 4. The summed E-state index contributed by atoms with van der Waals surface area (Å²) < 4.78 is 0. The molecule has 1 heterocycles. The molecule has 3 heteroatoms. The van der Waals surface area contributed by atoms with Crippen LogP contribution in [0.2, 0.25) is 0 Å². The fourth-order valence-electron chi connectivity index (χ4n) is 3.40. The predicted molar refractivity (Wildman–Crippen MR) is 77.9 cm³/mol. The molecule has 17 heavy (non-hydrogen) atoms. The zero-order chi connectivity index (χ0) is 12.3. The SMILES string of the molecule is CC(C)N1CCN(CC2(CS)CCCC2)CC1. The minimum Gasteiger partial charge on any atom is -0.300 e. The van der Waals surface area contributed by atoms with Crippen LogP contribution in [-0.4, -0.2) is 54.3 Å². The Kier molecular flexibility index (Phi) is 4.79. The van der Waals surface area contributed by atoms with Gasteiger partial charge in [-0.2, -0.15) is 12.6 Å².